The lowest BCUT2D eigenvalue weighted by atomic mass is 9.96. The SMILES string of the molecule is CCC(=O)c1ccc(SC)cc1-c1cccc(F)c1. The lowest BCUT2D eigenvalue weighted by Crippen LogP contribution is -2.00. The number of ketones is 1. The van der Waals surface area contributed by atoms with Gasteiger partial charge >= 0.3 is 0 Å². The second-order valence-corrected chi connectivity index (χ2v) is 5.08. The molecule has 2 rings (SSSR count). The number of Topliss-reactive ketones (excluding diaryl/α,β-unsaturated/α-hetero) is 1. The lowest BCUT2D eigenvalue weighted by Gasteiger charge is -2.10. The summed E-state index contributed by atoms with van der Waals surface area (Å²) in [4.78, 5) is 13.1. The molecule has 2 aromatic carbocycles. The van der Waals surface area contributed by atoms with Crippen molar-refractivity contribution in [2.75, 3.05) is 6.26 Å². The summed E-state index contributed by atoms with van der Waals surface area (Å²) in [6.07, 6.45) is 2.42. The Balaban J connectivity index is 2.61. The van der Waals surface area contributed by atoms with Crippen molar-refractivity contribution in [2.45, 2.75) is 18.2 Å². The van der Waals surface area contributed by atoms with Crippen LogP contribution in [0.3, 0.4) is 0 Å². The van der Waals surface area contributed by atoms with Crippen LogP contribution in [0.4, 0.5) is 4.39 Å². The lowest BCUT2D eigenvalue weighted by molar-refractivity contribution is 0.0988. The average Bonchev–Trinajstić information content (AvgIpc) is 2.45. The highest BCUT2D eigenvalue weighted by atomic mass is 32.2. The Hall–Kier alpha value is -1.61. The predicted molar refractivity (Wildman–Crippen MR) is 78.2 cm³/mol. The quantitative estimate of drug-likeness (QED) is 0.588. The highest BCUT2D eigenvalue weighted by Gasteiger charge is 2.12. The van der Waals surface area contributed by atoms with Gasteiger partial charge < -0.3 is 0 Å². The summed E-state index contributed by atoms with van der Waals surface area (Å²) >= 11 is 1.60. The topological polar surface area (TPSA) is 17.1 Å². The van der Waals surface area contributed by atoms with E-state index in [0.29, 0.717) is 12.0 Å². The van der Waals surface area contributed by atoms with Crippen molar-refractivity contribution in [1.29, 1.82) is 0 Å². The smallest absolute Gasteiger partial charge is 0.163 e. The molecule has 1 nitrogen and oxygen atoms in total. The van der Waals surface area contributed by atoms with Gasteiger partial charge in [0.1, 0.15) is 5.82 Å². The zero-order valence-electron chi connectivity index (χ0n) is 10.9. The molecule has 0 N–H and O–H groups in total. The minimum atomic E-state index is -0.290. The molecule has 0 aliphatic carbocycles. The van der Waals surface area contributed by atoms with E-state index in [-0.39, 0.29) is 11.6 Å². The fourth-order valence-electron chi connectivity index (χ4n) is 1.98. The van der Waals surface area contributed by atoms with E-state index < -0.39 is 0 Å². The highest BCUT2D eigenvalue weighted by molar-refractivity contribution is 7.98. The van der Waals surface area contributed by atoms with E-state index in [1.165, 1.54) is 12.1 Å². The van der Waals surface area contributed by atoms with Crippen molar-refractivity contribution in [3.05, 3.63) is 53.8 Å². The summed E-state index contributed by atoms with van der Waals surface area (Å²) in [5, 5.41) is 0. The van der Waals surface area contributed by atoms with Gasteiger partial charge in [0.2, 0.25) is 0 Å². The van der Waals surface area contributed by atoms with Crippen LogP contribution in [0.5, 0.6) is 0 Å². The van der Waals surface area contributed by atoms with E-state index in [1.807, 2.05) is 37.4 Å². The zero-order valence-corrected chi connectivity index (χ0v) is 11.8. The minimum absolute atomic E-state index is 0.0758. The molecule has 0 heterocycles. The van der Waals surface area contributed by atoms with Crippen LogP contribution in [-0.2, 0) is 0 Å². The van der Waals surface area contributed by atoms with E-state index in [4.69, 9.17) is 0 Å². The molecule has 2 aromatic rings. The largest absolute Gasteiger partial charge is 0.294 e. The molecular weight excluding hydrogens is 259 g/mol. The molecule has 0 spiro atoms. The van der Waals surface area contributed by atoms with Gasteiger partial charge in [0.15, 0.2) is 5.78 Å². The maximum absolute atomic E-state index is 13.4. The monoisotopic (exact) mass is 274 g/mol. The third-order valence-corrected chi connectivity index (χ3v) is 3.71. The second-order valence-electron chi connectivity index (χ2n) is 4.20. The number of rotatable bonds is 4. The van der Waals surface area contributed by atoms with Crippen molar-refractivity contribution < 1.29 is 9.18 Å². The van der Waals surface area contributed by atoms with Crippen molar-refractivity contribution in [3.63, 3.8) is 0 Å². The molecule has 3 heteroatoms. The second kappa shape index (κ2) is 6.02. The van der Waals surface area contributed by atoms with Gasteiger partial charge in [-0.05, 0) is 47.7 Å². The number of hydrogen-bond donors (Lipinski definition) is 0. The summed E-state index contributed by atoms with van der Waals surface area (Å²) in [7, 11) is 0. The number of carbonyl (C=O) groups excluding carboxylic acids is 1. The third-order valence-electron chi connectivity index (χ3n) is 2.98. The van der Waals surface area contributed by atoms with Crippen LogP contribution in [0, 0.1) is 5.82 Å². The molecule has 0 saturated heterocycles. The number of hydrogen-bond acceptors (Lipinski definition) is 2. The highest BCUT2D eigenvalue weighted by Crippen LogP contribution is 2.29. The van der Waals surface area contributed by atoms with Crippen LogP contribution < -0.4 is 0 Å². The number of benzene rings is 2. The first-order valence-electron chi connectivity index (χ1n) is 6.13. The molecule has 0 fully saturated rings. The fraction of sp³-hybridized carbons (Fsp3) is 0.188. The first-order valence-corrected chi connectivity index (χ1v) is 7.35. The van der Waals surface area contributed by atoms with Gasteiger partial charge in [0.25, 0.3) is 0 Å². The van der Waals surface area contributed by atoms with Gasteiger partial charge in [-0.3, -0.25) is 4.79 Å². The molecule has 0 saturated carbocycles. The molecule has 0 bridgehead atoms. The van der Waals surface area contributed by atoms with E-state index in [2.05, 4.69) is 0 Å². The first kappa shape index (κ1) is 13.8. The Bertz CT molecular complexity index is 607. The zero-order chi connectivity index (χ0) is 13.8. The van der Waals surface area contributed by atoms with Crippen LogP contribution >= 0.6 is 11.8 Å². The van der Waals surface area contributed by atoms with Gasteiger partial charge in [-0.2, -0.15) is 0 Å². The van der Waals surface area contributed by atoms with E-state index in [0.717, 1.165) is 16.0 Å². The molecule has 0 radical (unpaired) electrons. The normalized spacial score (nSPS) is 10.5. The molecule has 19 heavy (non-hydrogen) atoms. The van der Waals surface area contributed by atoms with Crippen molar-refractivity contribution in [3.8, 4) is 11.1 Å². The maximum atomic E-state index is 13.4. The number of halogens is 1. The van der Waals surface area contributed by atoms with Gasteiger partial charge in [-0.15, -0.1) is 11.8 Å². The average molecular weight is 274 g/mol. The van der Waals surface area contributed by atoms with Gasteiger partial charge in [0, 0.05) is 16.9 Å². The third kappa shape index (κ3) is 3.04. The molecule has 98 valence electrons. The predicted octanol–water partition coefficient (Wildman–Crippen LogP) is 4.81. The summed E-state index contributed by atoms with van der Waals surface area (Å²) in [5.74, 6) is -0.214. The summed E-state index contributed by atoms with van der Waals surface area (Å²) < 4.78 is 13.4. The van der Waals surface area contributed by atoms with Crippen LogP contribution in [0.15, 0.2) is 47.4 Å². The van der Waals surface area contributed by atoms with Crippen molar-refractivity contribution >= 4 is 17.5 Å². The van der Waals surface area contributed by atoms with Crippen molar-refractivity contribution in [1.82, 2.24) is 0 Å². The molecule has 0 unspecified atom stereocenters. The van der Waals surface area contributed by atoms with E-state index >= 15 is 0 Å². The summed E-state index contributed by atoms with van der Waals surface area (Å²) in [5.41, 5.74) is 2.21. The molecule has 0 atom stereocenters. The van der Waals surface area contributed by atoms with Gasteiger partial charge in [0.05, 0.1) is 0 Å². The minimum Gasteiger partial charge on any atom is -0.294 e. The Morgan fingerprint density at radius 3 is 2.63 bits per heavy atom. The van der Waals surface area contributed by atoms with Gasteiger partial charge in [-0.1, -0.05) is 19.1 Å². The fourth-order valence-corrected chi connectivity index (χ4v) is 2.42. The molecule has 0 aliphatic heterocycles. The Labute approximate surface area is 116 Å². The maximum Gasteiger partial charge on any atom is 0.163 e. The first-order chi connectivity index (χ1) is 9.15. The Morgan fingerprint density at radius 2 is 2.00 bits per heavy atom. The molecule has 0 amide bonds. The van der Waals surface area contributed by atoms with Crippen LogP contribution in [-0.4, -0.2) is 12.0 Å². The summed E-state index contributed by atoms with van der Waals surface area (Å²) in [6, 6.07) is 12.1. The number of carbonyl (C=O) groups is 1. The van der Waals surface area contributed by atoms with Crippen LogP contribution in [0.25, 0.3) is 11.1 Å². The molecule has 0 aromatic heterocycles. The van der Waals surface area contributed by atoms with E-state index in [1.54, 1.807) is 17.8 Å². The standard InChI is InChI=1S/C16H15FOS/c1-3-16(18)14-8-7-13(19-2)10-15(14)11-5-4-6-12(17)9-11/h4-10H,3H2,1-2H3. The van der Waals surface area contributed by atoms with Crippen LogP contribution in [0.1, 0.15) is 23.7 Å². The Kier molecular flexibility index (Phi) is 4.38. The van der Waals surface area contributed by atoms with Crippen LogP contribution in [0.2, 0.25) is 0 Å². The molecular formula is C16H15FOS. The van der Waals surface area contributed by atoms with E-state index in [9.17, 15) is 9.18 Å². The number of thioether (sulfide) groups is 1. The van der Waals surface area contributed by atoms with Gasteiger partial charge in [-0.25, -0.2) is 4.39 Å². The summed E-state index contributed by atoms with van der Waals surface area (Å²) in [6.45, 7) is 1.83. The van der Waals surface area contributed by atoms with Crippen molar-refractivity contribution in [2.24, 2.45) is 0 Å². The molecule has 0 aliphatic rings. The Morgan fingerprint density at radius 1 is 1.21 bits per heavy atom.